The molecule has 0 aromatic heterocycles. The highest BCUT2D eigenvalue weighted by Crippen LogP contribution is 2.41. The summed E-state index contributed by atoms with van der Waals surface area (Å²) in [6.07, 6.45) is 9.36. The number of ether oxygens (including phenoxy) is 2. The van der Waals surface area contributed by atoms with Crippen LogP contribution < -0.4 is 9.47 Å². The van der Waals surface area contributed by atoms with Crippen LogP contribution in [0.4, 0.5) is 0 Å². The Morgan fingerprint density at radius 1 is 1.00 bits per heavy atom. The molecule has 1 saturated carbocycles. The highest BCUT2D eigenvalue weighted by Gasteiger charge is 2.21. The van der Waals surface area contributed by atoms with E-state index in [0.29, 0.717) is 11.4 Å². The lowest BCUT2D eigenvalue weighted by Gasteiger charge is -2.23. The minimum absolute atomic E-state index is 0.387. The smallest absolute Gasteiger partial charge is 0.161 e. The second-order valence-corrected chi connectivity index (χ2v) is 7.10. The number of thioether (sulfide) groups is 1. The molecule has 0 radical (unpaired) electrons. The van der Waals surface area contributed by atoms with Gasteiger partial charge in [-0.05, 0) is 62.0 Å². The molecule has 2 nitrogen and oxygen atoms in total. The minimum Gasteiger partial charge on any atom is -0.493 e. The van der Waals surface area contributed by atoms with Crippen molar-refractivity contribution in [2.75, 3.05) is 12.9 Å². The van der Waals surface area contributed by atoms with Gasteiger partial charge in [0.25, 0.3) is 0 Å². The van der Waals surface area contributed by atoms with Crippen LogP contribution in [-0.2, 0) is 0 Å². The van der Waals surface area contributed by atoms with E-state index in [1.165, 1.54) is 56.3 Å². The fourth-order valence-corrected chi connectivity index (χ4v) is 4.50. The van der Waals surface area contributed by atoms with Gasteiger partial charge in [0.1, 0.15) is 0 Å². The van der Waals surface area contributed by atoms with E-state index >= 15 is 0 Å². The standard InChI is InChI=1S/C17H24O2S/c1-18-15-10-9-13(17-8-4-5-11-20-17)12-16(15)19-14-6-2-3-7-14/h9-10,12,14,17H,2-8,11H2,1H3. The first-order chi connectivity index (χ1) is 9.86. The molecule has 20 heavy (non-hydrogen) atoms. The fraction of sp³-hybridized carbons (Fsp3) is 0.647. The van der Waals surface area contributed by atoms with Crippen molar-refractivity contribution in [2.24, 2.45) is 0 Å². The van der Waals surface area contributed by atoms with E-state index in [2.05, 4.69) is 30.0 Å². The van der Waals surface area contributed by atoms with Gasteiger partial charge in [-0.15, -0.1) is 0 Å². The number of hydrogen-bond donors (Lipinski definition) is 0. The molecular weight excluding hydrogens is 268 g/mol. The molecule has 1 saturated heterocycles. The summed E-state index contributed by atoms with van der Waals surface area (Å²) in [6.45, 7) is 0. The second kappa shape index (κ2) is 6.75. The summed E-state index contributed by atoms with van der Waals surface area (Å²) in [5, 5.41) is 0.639. The Balaban J connectivity index is 1.78. The first kappa shape index (κ1) is 14.1. The molecule has 3 heteroatoms. The molecule has 3 rings (SSSR count). The van der Waals surface area contributed by atoms with E-state index in [-0.39, 0.29) is 0 Å². The van der Waals surface area contributed by atoms with E-state index in [1.807, 2.05) is 0 Å². The van der Waals surface area contributed by atoms with Gasteiger partial charge < -0.3 is 9.47 Å². The van der Waals surface area contributed by atoms with E-state index in [1.54, 1.807) is 7.11 Å². The van der Waals surface area contributed by atoms with Gasteiger partial charge in [-0.2, -0.15) is 11.8 Å². The molecule has 2 aliphatic rings. The third-order valence-electron chi connectivity index (χ3n) is 4.33. The van der Waals surface area contributed by atoms with Crippen molar-refractivity contribution in [3.05, 3.63) is 23.8 Å². The molecule has 1 aliphatic heterocycles. The predicted molar refractivity (Wildman–Crippen MR) is 84.9 cm³/mol. The molecule has 110 valence electrons. The maximum atomic E-state index is 6.19. The second-order valence-electron chi connectivity index (χ2n) is 5.79. The third kappa shape index (κ3) is 3.25. The zero-order valence-corrected chi connectivity index (χ0v) is 13.1. The minimum atomic E-state index is 0.387. The van der Waals surface area contributed by atoms with Crippen molar-refractivity contribution in [3.8, 4) is 11.5 Å². The van der Waals surface area contributed by atoms with E-state index in [4.69, 9.17) is 9.47 Å². The van der Waals surface area contributed by atoms with Crippen LogP contribution >= 0.6 is 11.8 Å². The molecular formula is C17H24O2S. The van der Waals surface area contributed by atoms with Crippen LogP contribution in [0.5, 0.6) is 11.5 Å². The molecule has 0 spiro atoms. The van der Waals surface area contributed by atoms with Crippen LogP contribution in [0.1, 0.15) is 55.8 Å². The summed E-state index contributed by atoms with van der Waals surface area (Å²) in [5.74, 6) is 3.11. The van der Waals surface area contributed by atoms with Crippen molar-refractivity contribution in [1.29, 1.82) is 0 Å². The molecule has 1 aromatic rings. The fourth-order valence-electron chi connectivity index (χ4n) is 3.18. The Kier molecular flexibility index (Phi) is 4.77. The zero-order valence-electron chi connectivity index (χ0n) is 12.3. The van der Waals surface area contributed by atoms with Crippen molar-refractivity contribution in [3.63, 3.8) is 0 Å². The van der Waals surface area contributed by atoms with Crippen molar-refractivity contribution in [2.45, 2.75) is 56.3 Å². The highest BCUT2D eigenvalue weighted by molar-refractivity contribution is 7.99. The molecule has 0 bridgehead atoms. The third-order valence-corrected chi connectivity index (χ3v) is 5.77. The van der Waals surface area contributed by atoms with Crippen LogP contribution in [-0.4, -0.2) is 19.0 Å². The Bertz CT molecular complexity index is 435. The van der Waals surface area contributed by atoms with Gasteiger partial charge in [0, 0.05) is 5.25 Å². The summed E-state index contributed by atoms with van der Waals surface area (Å²) < 4.78 is 11.7. The van der Waals surface area contributed by atoms with Gasteiger partial charge in [0.15, 0.2) is 11.5 Å². The number of hydrogen-bond acceptors (Lipinski definition) is 3. The Hall–Kier alpha value is -0.830. The summed E-state index contributed by atoms with van der Waals surface area (Å²) in [7, 11) is 1.73. The monoisotopic (exact) mass is 292 g/mol. The summed E-state index contributed by atoms with van der Waals surface area (Å²) in [6, 6.07) is 6.51. The first-order valence-corrected chi connectivity index (χ1v) is 8.88. The zero-order chi connectivity index (χ0) is 13.8. The molecule has 1 aromatic carbocycles. The van der Waals surface area contributed by atoms with Crippen LogP contribution in [0.15, 0.2) is 18.2 Å². The quantitative estimate of drug-likeness (QED) is 0.780. The molecule has 1 atom stereocenters. The largest absolute Gasteiger partial charge is 0.493 e. The average molecular weight is 292 g/mol. The Labute approximate surface area is 126 Å². The van der Waals surface area contributed by atoms with Gasteiger partial charge in [0.2, 0.25) is 0 Å². The van der Waals surface area contributed by atoms with Gasteiger partial charge in [-0.25, -0.2) is 0 Å². The van der Waals surface area contributed by atoms with Crippen molar-refractivity contribution in [1.82, 2.24) is 0 Å². The van der Waals surface area contributed by atoms with E-state index in [9.17, 15) is 0 Å². The van der Waals surface area contributed by atoms with Crippen LogP contribution in [0.2, 0.25) is 0 Å². The Morgan fingerprint density at radius 3 is 2.50 bits per heavy atom. The van der Waals surface area contributed by atoms with E-state index < -0.39 is 0 Å². The summed E-state index contributed by atoms with van der Waals surface area (Å²) in [5.41, 5.74) is 1.41. The molecule has 0 N–H and O–H groups in total. The molecule has 1 unspecified atom stereocenters. The topological polar surface area (TPSA) is 18.5 Å². The van der Waals surface area contributed by atoms with Crippen LogP contribution in [0.25, 0.3) is 0 Å². The number of methoxy groups -OCH3 is 1. The van der Waals surface area contributed by atoms with Gasteiger partial charge in [0.05, 0.1) is 13.2 Å². The van der Waals surface area contributed by atoms with Crippen LogP contribution in [0, 0.1) is 0 Å². The van der Waals surface area contributed by atoms with Crippen molar-refractivity contribution < 1.29 is 9.47 Å². The van der Waals surface area contributed by atoms with E-state index in [0.717, 1.165) is 11.5 Å². The lowest BCUT2D eigenvalue weighted by molar-refractivity contribution is 0.200. The van der Waals surface area contributed by atoms with Crippen molar-refractivity contribution >= 4 is 11.8 Å². The molecule has 1 aliphatic carbocycles. The normalized spacial score (nSPS) is 23.8. The maximum absolute atomic E-state index is 6.19. The lowest BCUT2D eigenvalue weighted by Crippen LogP contribution is -2.12. The first-order valence-electron chi connectivity index (χ1n) is 7.83. The SMILES string of the molecule is COc1ccc(C2CCCCS2)cc1OC1CCCC1. The van der Waals surface area contributed by atoms with Gasteiger partial charge in [-0.3, -0.25) is 0 Å². The van der Waals surface area contributed by atoms with Gasteiger partial charge in [-0.1, -0.05) is 12.5 Å². The molecule has 0 amide bonds. The summed E-state index contributed by atoms with van der Waals surface area (Å²) in [4.78, 5) is 0. The van der Waals surface area contributed by atoms with Gasteiger partial charge >= 0.3 is 0 Å². The highest BCUT2D eigenvalue weighted by atomic mass is 32.2. The molecule has 2 fully saturated rings. The number of benzene rings is 1. The Morgan fingerprint density at radius 2 is 1.80 bits per heavy atom. The molecule has 1 heterocycles. The lowest BCUT2D eigenvalue weighted by atomic mass is 10.1. The predicted octanol–water partition coefficient (Wildman–Crippen LogP) is 4.97. The summed E-state index contributed by atoms with van der Waals surface area (Å²) >= 11 is 2.08. The number of rotatable bonds is 4. The maximum Gasteiger partial charge on any atom is 0.161 e. The average Bonchev–Trinajstić information content (AvgIpc) is 3.01. The van der Waals surface area contributed by atoms with Crippen LogP contribution in [0.3, 0.4) is 0 Å².